The highest BCUT2D eigenvalue weighted by atomic mass is 79.9. The van der Waals surface area contributed by atoms with Gasteiger partial charge in [0, 0.05) is 10.0 Å². The van der Waals surface area contributed by atoms with Crippen molar-refractivity contribution in [1.82, 2.24) is 0 Å². The topological polar surface area (TPSA) is 9.23 Å². The maximum absolute atomic E-state index is 6.55. The fraction of sp³-hybridized carbons (Fsp3) is 0.143. The van der Waals surface area contributed by atoms with Crippen LogP contribution in [0.4, 0.5) is 0 Å². The van der Waals surface area contributed by atoms with Crippen molar-refractivity contribution in [2.45, 2.75) is 12.0 Å². The van der Waals surface area contributed by atoms with Crippen molar-refractivity contribution in [3.63, 3.8) is 0 Å². The summed E-state index contributed by atoms with van der Waals surface area (Å²) in [5.74, 6) is 0.865. The molecule has 0 N–H and O–H groups in total. The van der Waals surface area contributed by atoms with Crippen LogP contribution in [0.3, 0.4) is 0 Å². The number of halogens is 2. The highest BCUT2D eigenvalue weighted by molar-refractivity contribution is 9.10. The van der Waals surface area contributed by atoms with Gasteiger partial charge in [-0.25, -0.2) is 0 Å². The van der Waals surface area contributed by atoms with Crippen LogP contribution in [-0.4, -0.2) is 0 Å². The van der Waals surface area contributed by atoms with Gasteiger partial charge in [0.15, 0.2) is 0 Å². The molecule has 0 amide bonds. The first-order valence-electron chi connectivity index (χ1n) is 5.40. The van der Waals surface area contributed by atoms with E-state index in [9.17, 15) is 0 Å². The molecule has 1 aliphatic rings. The average Bonchev–Trinajstić information content (AvgIpc) is 2.49. The van der Waals surface area contributed by atoms with Crippen molar-refractivity contribution in [3.8, 4) is 5.75 Å². The van der Waals surface area contributed by atoms with E-state index in [1.807, 2.05) is 30.3 Å². The van der Waals surface area contributed by atoms with E-state index in [0.29, 0.717) is 6.61 Å². The first-order valence-corrected chi connectivity index (χ1v) is 6.63. The van der Waals surface area contributed by atoms with Crippen LogP contribution in [0.15, 0.2) is 46.9 Å². The maximum Gasteiger partial charge on any atom is 0.124 e. The van der Waals surface area contributed by atoms with E-state index in [1.165, 1.54) is 0 Å². The molecule has 0 saturated carbocycles. The van der Waals surface area contributed by atoms with Crippen LogP contribution in [0.1, 0.15) is 22.1 Å². The monoisotopic (exact) mass is 308 g/mol. The van der Waals surface area contributed by atoms with Gasteiger partial charge in [0.1, 0.15) is 12.4 Å². The molecule has 3 rings (SSSR count). The van der Waals surface area contributed by atoms with Gasteiger partial charge in [0.25, 0.3) is 0 Å². The molecule has 1 atom stereocenters. The minimum absolute atomic E-state index is 0.152. The highest BCUT2D eigenvalue weighted by Gasteiger charge is 2.22. The number of hydrogen-bond acceptors (Lipinski definition) is 1. The predicted molar refractivity (Wildman–Crippen MR) is 72.6 cm³/mol. The quantitative estimate of drug-likeness (QED) is 0.643. The largest absolute Gasteiger partial charge is 0.489 e. The molecule has 1 aliphatic heterocycles. The first-order chi connectivity index (χ1) is 8.25. The van der Waals surface area contributed by atoms with Gasteiger partial charge in [-0.05, 0) is 29.3 Å². The minimum Gasteiger partial charge on any atom is -0.489 e. The van der Waals surface area contributed by atoms with Crippen LogP contribution >= 0.6 is 27.5 Å². The summed E-state index contributed by atoms with van der Waals surface area (Å²) >= 11 is 10.0. The number of rotatable bonds is 0. The average molecular weight is 310 g/mol. The van der Waals surface area contributed by atoms with Gasteiger partial charge >= 0.3 is 0 Å². The third-order valence-electron chi connectivity index (χ3n) is 2.96. The minimum atomic E-state index is -0.152. The van der Waals surface area contributed by atoms with Crippen LogP contribution in [0, 0.1) is 0 Å². The summed E-state index contributed by atoms with van der Waals surface area (Å²) < 4.78 is 6.81. The Morgan fingerprint density at radius 3 is 2.82 bits per heavy atom. The van der Waals surface area contributed by atoms with Crippen molar-refractivity contribution >= 4 is 27.5 Å². The standard InChI is InChI=1S/C14H10BrClO/c15-10-5-6-13-12(7-10)14(16)11-4-2-1-3-9(11)8-17-13/h1-7,14H,8H2. The Labute approximate surface area is 113 Å². The third kappa shape index (κ3) is 1.96. The zero-order valence-corrected chi connectivity index (χ0v) is 11.3. The van der Waals surface area contributed by atoms with E-state index in [0.717, 1.165) is 26.9 Å². The molecule has 0 spiro atoms. The smallest absolute Gasteiger partial charge is 0.124 e. The zero-order valence-electron chi connectivity index (χ0n) is 8.99. The molecular formula is C14H10BrClO. The molecule has 0 radical (unpaired) electrons. The Kier molecular flexibility index (Phi) is 2.85. The summed E-state index contributed by atoms with van der Waals surface area (Å²) in [4.78, 5) is 0. The lowest BCUT2D eigenvalue weighted by atomic mass is 10.0. The normalized spacial score (nSPS) is 17.6. The molecule has 17 heavy (non-hydrogen) atoms. The van der Waals surface area contributed by atoms with Crippen molar-refractivity contribution in [1.29, 1.82) is 0 Å². The Balaban J connectivity index is 2.18. The van der Waals surface area contributed by atoms with Crippen molar-refractivity contribution in [2.24, 2.45) is 0 Å². The summed E-state index contributed by atoms with van der Waals surface area (Å²) in [6, 6.07) is 14.1. The second kappa shape index (κ2) is 4.35. The molecule has 0 saturated heterocycles. The van der Waals surface area contributed by atoms with E-state index in [-0.39, 0.29) is 5.38 Å². The van der Waals surface area contributed by atoms with Crippen molar-refractivity contribution in [2.75, 3.05) is 0 Å². The molecule has 0 fully saturated rings. The molecule has 1 heterocycles. The lowest BCUT2D eigenvalue weighted by molar-refractivity contribution is 0.307. The molecular weight excluding hydrogens is 300 g/mol. The van der Waals surface area contributed by atoms with E-state index in [4.69, 9.17) is 16.3 Å². The van der Waals surface area contributed by atoms with Crippen LogP contribution in [-0.2, 0) is 6.61 Å². The highest BCUT2D eigenvalue weighted by Crippen LogP contribution is 2.40. The Bertz CT molecular complexity index is 568. The third-order valence-corrected chi connectivity index (χ3v) is 3.92. The fourth-order valence-electron chi connectivity index (χ4n) is 2.08. The Morgan fingerprint density at radius 1 is 1.12 bits per heavy atom. The van der Waals surface area contributed by atoms with Crippen LogP contribution in [0.5, 0.6) is 5.75 Å². The van der Waals surface area contributed by atoms with Gasteiger partial charge in [-0.3, -0.25) is 0 Å². The van der Waals surface area contributed by atoms with E-state index in [1.54, 1.807) is 0 Å². The van der Waals surface area contributed by atoms with Crippen LogP contribution in [0.2, 0.25) is 0 Å². The Hall–Kier alpha value is -0.990. The van der Waals surface area contributed by atoms with Crippen molar-refractivity contribution in [3.05, 3.63) is 63.6 Å². The summed E-state index contributed by atoms with van der Waals surface area (Å²) in [6.45, 7) is 0.577. The molecule has 86 valence electrons. The number of fused-ring (bicyclic) bond motifs is 2. The van der Waals surface area contributed by atoms with E-state index < -0.39 is 0 Å². The Morgan fingerprint density at radius 2 is 1.94 bits per heavy atom. The summed E-state index contributed by atoms with van der Waals surface area (Å²) in [5, 5.41) is -0.152. The first kappa shape index (κ1) is 11.1. The van der Waals surface area contributed by atoms with Crippen LogP contribution in [0.25, 0.3) is 0 Å². The van der Waals surface area contributed by atoms with Gasteiger partial charge in [-0.2, -0.15) is 0 Å². The van der Waals surface area contributed by atoms with Crippen LogP contribution < -0.4 is 4.74 Å². The maximum atomic E-state index is 6.55. The number of hydrogen-bond donors (Lipinski definition) is 0. The fourth-order valence-corrected chi connectivity index (χ4v) is 2.85. The molecule has 1 unspecified atom stereocenters. The summed E-state index contributed by atoms with van der Waals surface area (Å²) in [6.07, 6.45) is 0. The summed E-state index contributed by atoms with van der Waals surface area (Å²) in [5.41, 5.74) is 3.30. The van der Waals surface area contributed by atoms with Gasteiger partial charge in [0.05, 0.1) is 5.38 Å². The van der Waals surface area contributed by atoms with Gasteiger partial charge in [-0.15, -0.1) is 11.6 Å². The molecule has 0 bridgehead atoms. The van der Waals surface area contributed by atoms with Gasteiger partial charge in [0.2, 0.25) is 0 Å². The molecule has 0 aromatic heterocycles. The second-order valence-corrected chi connectivity index (χ2v) is 5.38. The molecule has 0 aliphatic carbocycles. The molecule has 2 aromatic rings. The van der Waals surface area contributed by atoms with Gasteiger partial charge in [-0.1, -0.05) is 40.2 Å². The predicted octanol–water partition coefficient (Wildman–Crippen LogP) is 4.67. The van der Waals surface area contributed by atoms with E-state index in [2.05, 4.69) is 28.1 Å². The lowest BCUT2D eigenvalue weighted by Gasteiger charge is -2.11. The zero-order chi connectivity index (χ0) is 11.8. The molecule has 1 nitrogen and oxygen atoms in total. The molecule has 3 heteroatoms. The lowest BCUT2D eigenvalue weighted by Crippen LogP contribution is -1.95. The SMILES string of the molecule is ClC1c2ccccc2COc2ccc(Br)cc21. The number of benzene rings is 2. The number of alkyl halides is 1. The summed E-state index contributed by atoms with van der Waals surface area (Å²) in [7, 11) is 0. The van der Waals surface area contributed by atoms with Crippen molar-refractivity contribution < 1.29 is 4.74 Å². The van der Waals surface area contributed by atoms with E-state index >= 15 is 0 Å². The number of ether oxygens (including phenoxy) is 1. The molecule has 2 aromatic carbocycles. The second-order valence-electron chi connectivity index (χ2n) is 4.03. The van der Waals surface area contributed by atoms with Gasteiger partial charge < -0.3 is 4.74 Å².